The van der Waals surface area contributed by atoms with Gasteiger partial charge in [-0.15, -0.1) is 0 Å². The first-order chi connectivity index (χ1) is 15.6. The summed E-state index contributed by atoms with van der Waals surface area (Å²) in [6.07, 6.45) is 7.17. The number of rotatable bonds is 5. The normalized spacial score (nSPS) is 17.5. The Hall–Kier alpha value is -3.99. The van der Waals surface area contributed by atoms with E-state index in [0.29, 0.717) is 30.8 Å². The zero-order valence-corrected chi connectivity index (χ0v) is 17.5. The van der Waals surface area contributed by atoms with E-state index in [9.17, 15) is 9.59 Å². The number of nitrogens with zero attached hydrogens (tertiary/aromatic N) is 6. The monoisotopic (exact) mass is 426 g/mol. The Kier molecular flexibility index (Phi) is 5.15. The highest BCUT2D eigenvalue weighted by Crippen LogP contribution is 2.32. The molecule has 0 bridgehead atoms. The van der Waals surface area contributed by atoms with Crippen molar-refractivity contribution in [3.63, 3.8) is 0 Å². The highest BCUT2D eigenvalue weighted by molar-refractivity contribution is 6.05. The minimum atomic E-state index is -0.403. The number of aryl methyl sites for hydroxylation is 2. The van der Waals surface area contributed by atoms with Crippen molar-refractivity contribution in [2.75, 3.05) is 22.9 Å². The van der Waals surface area contributed by atoms with Crippen molar-refractivity contribution in [1.82, 2.24) is 14.5 Å². The number of nitriles is 1. The molecular formula is C24H22N6O2. The number of imidazole rings is 1. The van der Waals surface area contributed by atoms with Crippen LogP contribution in [0.4, 0.5) is 11.4 Å². The largest absolute Gasteiger partial charge is 0.337 e. The topological polar surface area (TPSA) is 95.1 Å². The molecule has 2 amide bonds. The van der Waals surface area contributed by atoms with Crippen LogP contribution in [0, 0.1) is 17.2 Å². The number of amides is 2. The second-order valence-corrected chi connectivity index (χ2v) is 8.13. The van der Waals surface area contributed by atoms with E-state index < -0.39 is 5.92 Å². The van der Waals surface area contributed by atoms with Gasteiger partial charge in [-0.3, -0.25) is 14.6 Å². The molecule has 2 aliphatic rings. The molecule has 2 aromatic heterocycles. The van der Waals surface area contributed by atoms with E-state index in [0.717, 1.165) is 30.0 Å². The molecule has 1 atom stereocenters. The third kappa shape index (κ3) is 3.73. The smallest absolute Gasteiger partial charge is 0.232 e. The molecular weight excluding hydrogens is 404 g/mol. The van der Waals surface area contributed by atoms with Gasteiger partial charge in [0.15, 0.2) is 0 Å². The van der Waals surface area contributed by atoms with Gasteiger partial charge in [0.2, 0.25) is 11.8 Å². The number of hydrogen-bond donors (Lipinski definition) is 0. The van der Waals surface area contributed by atoms with Crippen LogP contribution >= 0.6 is 0 Å². The first-order valence-electron chi connectivity index (χ1n) is 10.7. The van der Waals surface area contributed by atoms with Crippen LogP contribution in [-0.2, 0) is 29.0 Å². The van der Waals surface area contributed by atoms with E-state index in [1.54, 1.807) is 46.6 Å². The van der Waals surface area contributed by atoms with Crippen molar-refractivity contribution < 1.29 is 9.59 Å². The predicted octanol–water partition coefficient (Wildman–Crippen LogP) is 2.33. The van der Waals surface area contributed by atoms with Gasteiger partial charge in [-0.1, -0.05) is 6.07 Å². The van der Waals surface area contributed by atoms with E-state index in [1.165, 1.54) is 0 Å². The Morgan fingerprint density at radius 1 is 1.25 bits per heavy atom. The van der Waals surface area contributed by atoms with E-state index in [2.05, 4.69) is 11.1 Å². The van der Waals surface area contributed by atoms with Crippen LogP contribution in [0.1, 0.15) is 23.4 Å². The molecule has 5 rings (SSSR count). The molecule has 0 saturated carbocycles. The number of hydrogen-bond acceptors (Lipinski definition) is 5. The summed E-state index contributed by atoms with van der Waals surface area (Å²) in [5.41, 5.74) is 3.93. The summed E-state index contributed by atoms with van der Waals surface area (Å²) in [4.78, 5) is 38.1. The van der Waals surface area contributed by atoms with Crippen LogP contribution in [0.2, 0.25) is 0 Å². The highest BCUT2D eigenvalue weighted by Gasteiger charge is 2.39. The molecule has 8 nitrogen and oxygen atoms in total. The summed E-state index contributed by atoms with van der Waals surface area (Å²) in [5.74, 6) is -0.532. The Morgan fingerprint density at radius 3 is 2.97 bits per heavy atom. The van der Waals surface area contributed by atoms with E-state index >= 15 is 0 Å². The van der Waals surface area contributed by atoms with Crippen molar-refractivity contribution in [2.24, 2.45) is 5.92 Å². The van der Waals surface area contributed by atoms with Crippen molar-refractivity contribution >= 4 is 23.2 Å². The average molecular weight is 426 g/mol. The average Bonchev–Trinajstić information content (AvgIpc) is 3.57. The zero-order valence-electron chi connectivity index (χ0n) is 17.5. The van der Waals surface area contributed by atoms with Gasteiger partial charge >= 0.3 is 0 Å². The van der Waals surface area contributed by atoms with Gasteiger partial charge in [0, 0.05) is 62.7 Å². The summed E-state index contributed by atoms with van der Waals surface area (Å²) >= 11 is 0. The molecule has 1 aromatic carbocycles. The standard InChI is InChI=1S/C24H22N6O2/c25-14-17-2-1-3-20(12-17)30-15-18(13-23(30)31)24(32)29-10-7-21-22(29)5-4-19(27-21)6-9-28-11-8-26-16-28/h1-5,8,11-12,16,18H,6-7,9-10,13,15H2/t18-/m0/s1. The van der Waals surface area contributed by atoms with Crippen molar-refractivity contribution in [3.05, 3.63) is 72.1 Å². The Morgan fingerprint density at radius 2 is 2.16 bits per heavy atom. The lowest BCUT2D eigenvalue weighted by atomic mass is 10.1. The maximum absolute atomic E-state index is 13.3. The quantitative estimate of drug-likeness (QED) is 0.624. The maximum Gasteiger partial charge on any atom is 0.232 e. The lowest BCUT2D eigenvalue weighted by Crippen LogP contribution is -2.36. The number of pyridine rings is 1. The summed E-state index contributed by atoms with van der Waals surface area (Å²) in [6, 6.07) is 13.0. The van der Waals surface area contributed by atoms with E-state index in [4.69, 9.17) is 10.2 Å². The zero-order chi connectivity index (χ0) is 22.1. The predicted molar refractivity (Wildman–Crippen MR) is 118 cm³/mol. The van der Waals surface area contributed by atoms with Crippen LogP contribution in [0.3, 0.4) is 0 Å². The minimum absolute atomic E-state index is 0.0380. The van der Waals surface area contributed by atoms with E-state index in [-0.39, 0.29) is 18.2 Å². The summed E-state index contributed by atoms with van der Waals surface area (Å²) < 4.78 is 2.01. The van der Waals surface area contributed by atoms with Gasteiger partial charge in [-0.2, -0.15) is 5.26 Å². The molecule has 0 spiro atoms. The fourth-order valence-electron chi connectivity index (χ4n) is 4.42. The SMILES string of the molecule is N#Cc1cccc(N2C[C@@H](C(=O)N3CCc4nc(CCn5ccnc5)ccc43)CC2=O)c1. The van der Waals surface area contributed by atoms with Gasteiger partial charge in [0.25, 0.3) is 0 Å². The fraction of sp³-hybridized carbons (Fsp3) is 0.292. The lowest BCUT2D eigenvalue weighted by Gasteiger charge is -2.21. The Balaban J connectivity index is 1.28. The third-order valence-electron chi connectivity index (χ3n) is 6.08. The van der Waals surface area contributed by atoms with Crippen LogP contribution in [0.5, 0.6) is 0 Å². The molecule has 8 heteroatoms. The number of fused-ring (bicyclic) bond motifs is 1. The van der Waals surface area contributed by atoms with Gasteiger partial charge in [0.1, 0.15) is 0 Å². The first-order valence-corrected chi connectivity index (χ1v) is 10.7. The number of benzene rings is 1. The van der Waals surface area contributed by atoms with Gasteiger partial charge < -0.3 is 14.4 Å². The molecule has 0 N–H and O–H groups in total. The van der Waals surface area contributed by atoms with Gasteiger partial charge in [-0.25, -0.2) is 4.98 Å². The minimum Gasteiger partial charge on any atom is -0.337 e. The van der Waals surface area contributed by atoms with Crippen LogP contribution in [0.25, 0.3) is 0 Å². The molecule has 3 aromatic rings. The number of aromatic nitrogens is 3. The molecule has 0 aliphatic carbocycles. The molecule has 2 aliphatic heterocycles. The van der Waals surface area contributed by atoms with E-state index in [1.807, 2.05) is 22.9 Å². The molecule has 4 heterocycles. The summed E-state index contributed by atoms with van der Waals surface area (Å²) in [6.45, 7) is 1.72. The second kappa shape index (κ2) is 8.27. The summed E-state index contributed by atoms with van der Waals surface area (Å²) in [5, 5.41) is 9.12. The summed E-state index contributed by atoms with van der Waals surface area (Å²) in [7, 11) is 0. The molecule has 1 saturated heterocycles. The molecule has 1 fully saturated rings. The van der Waals surface area contributed by atoms with Crippen molar-refractivity contribution in [1.29, 1.82) is 5.26 Å². The maximum atomic E-state index is 13.3. The highest BCUT2D eigenvalue weighted by atomic mass is 16.2. The van der Waals surface area contributed by atoms with Crippen LogP contribution in [0.15, 0.2) is 55.1 Å². The lowest BCUT2D eigenvalue weighted by molar-refractivity contribution is -0.124. The molecule has 0 unspecified atom stereocenters. The van der Waals surface area contributed by atoms with Crippen LogP contribution < -0.4 is 9.80 Å². The Bertz CT molecular complexity index is 1210. The first kappa shape index (κ1) is 19.9. The third-order valence-corrected chi connectivity index (χ3v) is 6.08. The van der Waals surface area contributed by atoms with Crippen molar-refractivity contribution in [2.45, 2.75) is 25.8 Å². The van der Waals surface area contributed by atoms with Crippen LogP contribution in [-0.4, -0.2) is 39.4 Å². The van der Waals surface area contributed by atoms with Crippen molar-refractivity contribution in [3.8, 4) is 6.07 Å². The number of carbonyl (C=O) groups is 2. The fourth-order valence-corrected chi connectivity index (χ4v) is 4.42. The van der Waals surface area contributed by atoms with Gasteiger partial charge in [0.05, 0.1) is 35.3 Å². The van der Waals surface area contributed by atoms with Gasteiger partial charge in [-0.05, 0) is 30.3 Å². The molecule has 0 radical (unpaired) electrons. The number of carbonyl (C=O) groups excluding carboxylic acids is 2. The molecule has 32 heavy (non-hydrogen) atoms. The Labute approximate surface area is 185 Å². The molecule has 160 valence electrons. The number of anilines is 2. The second-order valence-electron chi connectivity index (χ2n) is 8.13.